The first kappa shape index (κ1) is 11.4. The van der Waals surface area contributed by atoms with E-state index in [9.17, 15) is 9.59 Å². The van der Waals surface area contributed by atoms with E-state index >= 15 is 0 Å². The van der Waals surface area contributed by atoms with E-state index in [0.29, 0.717) is 6.42 Å². The first-order chi connectivity index (χ1) is 7.15. The maximum absolute atomic E-state index is 11.5. The molecule has 1 aromatic carbocycles. The Kier molecular flexibility index (Phi) is 4.03. The van der Waals surface area contributed by atoms with Crippen molar-refractivity contribution in [1.29, 1.82) is 0 Å². The lowest BCUT2D eigenvalue weighted by Crippen LogP contribution is -2.17. The molecule has 0 aliphatic rings. The molecule has 0 aliphatic carbocycles. The van der Waals surface area contributed by atoms with Crippen LogP contribution in [0.3, 0.4) is 0 Å². The van der Waals surface area contributed by atoms with Crippen LogP contribution in [-0.4, -0.2) is 11.9 Å². The van der Waals surface area contributed by atoms with Crippen LogP contribution < -0.4 is 0 Å². The molecule has 3 heteroatoms. The summed E-state index contributed by atoms with van der Waals surface area (Å²) in [5.41, 5.74) is 0.881. The minimum atomic E-state index is -0.561. The minimum Gasteiger partial charge on any atom is -0.393 e. The molecular formula is C12H14O3. The highest BCUT2D eigenvalue weighted by Crippen LogP contribution is 2.20. The van der Waals surface area contributed by atoms with Crippen LogP contribution in [0.15, 0.2) is 30.3 Å². The van der Waals surface area contributed by atoms with Crippen LogP contribution in [0.2, 0.25) is 0 Å². The largest absolute Gasteiger partial charge is 0.393 e. The van der Waals surface area contributed by atoms with Crippen LogP contribution in [0, 0.1) is 0 Å². The predicted molar refractivity (Wildman–Crippen MR) is 56.2 cm³/mol. The Morgan fingerprint density at radius 3 is 2.33 bits per heavy atom. The van der Waals surface area contributed by atoms with Gasteiger partial charge in [-0.3, -0.25) is 9.59 Å². The van der Waals surface area contributed by atoms with Crippen molar-refractivity contribution < 1.29 is 14.3 Å². The van der Waals surface area contributed by atoms with Gasteiger partial charge in [0.2, 0.25) is 0 Å². The van der Waals surface area contributed by atoms with Crippen LogP contribution >= 0.6 is 0 Å². The minimum absolute atomic E-state index is 0.352. The molecule has 0 bridgehead atoms. The molecule has 1 atom stereocenters. The van der Waals surface area contributed by atoms with Gasteiger partial charge >= 0.3 is 11.9 Å². The van der Waals surface area contributed by atoms with Crippen molar-refractivity contribution in [3.05, 3.63) is 35.9 Å². The molecule has 0 radical (unpaired) electrons. The summed E-state index contributed by atoms with van der Waals surface area (Å²) in [7, 11) is 0. The summed E-state index contributed by atoms with van der Waals surface area (Å²) in [5.74, 6) is -1.39. The summed E-state index contributed by atoms with van der Waals surface area (Å²) >= 11 is 0. The van der Waals surface area contributed by atoms with Crippen LogP contribution in [0.1, 0.15) is 31.7 Å². The van der Waals surface area contributed by atoms with Gasteiger partial charge in [-0.2, -0.15) is 0 Å². The van der Waals surface area contributed by atoms with Crippen molar-refractivity contribution in [2.75, 3.05) is 0 Å². The lowest BCUT2D eigenvalue weighted by atomic mass is 9.97. The SMILES string of the molecule is CC[C@H](C(=O)OC(C)=O)c1ccccc1. The maximum atomic E-state index is 11.5. The van der Waals surface area contributed by atoms with Gasteiger partial charge in [0.1, 0.15) is 0 Å². The summed E-state index contributed by atoms with van der Waals surface area (Å²) in [6.45, 7) is 3.12. The lowest BCUT2D eigenvalue weighted by Gasteiger charge is -2.12. The van der Waals surface area contributed by atoms with Crippen LogP contribution in [-0.2, 0) is 14.3 Å². The molecule has 0 heterocycles. The number of carbonyl (C=O) groups excluding carboxylic acids is 2. The fraction of sp³-hybridized carbons (Fsp3) is 0.333. The second-order valence-electron chi connectivity index (χ2n) is 3.28. The molecule has 3 nitrogen and oxygen atoms in total. The average Bonchev–Trinajstić information content (AvgIpc) is 2.19. The Morgan fingerprint density at radius 1 is 1.27 bits per heavy atom. The number of benzene rings is 1. The molecule has 0 fully saturated rings. The highest BCUT2D eigenvalue weighted by atomic mass is 16.6. The van der Waals surface area contributed by atoms with Gasteiger partial charge in [0, 0.05) is 6.92 Å². The second-order valence-corrected chi connectivity index (χ2v) is 3.28. The number of hydrogen-bond donors (Lipinski definition) is 0. The molecule has 0 N–H and O–H groups in total. The first-order valence-corrected chi connectivity index (χ1v) is 4.92. The van der Waals surface area contributed by atoms with Crippen molar-refractivity contribution in [1.82, 2.24) is 0 Å². The number of esters is 2. The van der Waals surface area contributed by atoms with Gasteiger partial charge in [-0.15, -0.1) is 0 Å². The summed E-state index contributed by atoms with van der Waals surface area (Å²) < 4.78 is 4.58. The van der Waals surface area contributed by atoms with Gasteiger partial charge in [-0.05, 0) is 12.0 Å². The van der Waals surface area contributed by atoms with Gasteiger partial charge in [0.15, 0.2) is 0 Å². The molecule has 0 saturated carbocycles. The zero-order chi connectivity index (χ0) is 11.3. The molecule has 0 aliphatic heterocycles. The number of carbonyl (C=O) groups is 2. The van der Waals surface area contributed by atoms with E-state index in [2.05, 4.69) is 4.74 Å². The molecule has 0 unspecified atom stereocenters. The van der Waals surface area contributed by atoms with Crippen LogP contribution in [0.4, 0.5) is 0 Å². The van der Waals surface area contributed by atoms with E-state index in [4.69, 9.17) is 0 Å². The summed E-state index contributed by atoms with van der Waals surface area (Å²) in [4.78, 5) is 22.2. The molecule has 0 aromatic heterocycles. The Bertz CT molecular complexity index is 343. The van der Waals surface area contributed by atoms with Crippen LogP contribution in [0.25, 0.3) is 0 Å². The third-order valence-electron chi connectivity index (χ3n) is 2.14. The third kappa shape index (κ3) is 3.20. The van der Waals surface area contributed by atoms with Gasteiger partial charge in [0.05, 0.1) is 5.92 Å². The van der Waals surface area contributed by atoms with Crippen molar-refractivity contribution >= 4 is 11.9 Å². The predicted octanol–water partition coefficient (Wildman–Crippen LogP) is 2.27. The van der Waals surface area contributed by atoms with Crippen molar-refractivity contribution in [3.63, 3.8) is 0 Å². The highest BCUT2D eigenvalue weighted by molar-refractivity contribution is 5.88. The molecule has 1 aromatic rings. The van der Waals surface area contributed by atoms with Crippen molar-refractivity contribution in [3.8, 4) is 0 Å². The monoisotopic (exact) mass is 206 g/mol. The number of hydrogen-bond acceptors (Lipinski definition) is 3. The standard InChI is InChI=1S/C12H14O3/c1-3-11(12(14)15-9(2)13)10-7-5-4-6-8-10/h4-8,11H,3H2,1-2H3/t11-/m0/s1. The van der Waals surface area contributed by atoms with Crippen molar-refractivity contribution in [2.24, 2.45) is 0 Å². The van der Waals surface area contributed by atoms with E-state index in [-0.39, 0.29) is 5.92 Å². The zero-order valence-electron chi connectivity index (χ0n) is 8.90. The molecule has 0 spiro atoms. The fourth-order valence-corrected chi connectivity index (χ4v) is 1.44. The van der Waals surface area contributed by atoms with E-state index in [0.717, 1.165) is 5.56 Å². The van der Waals surface area contributed by atoms with E-state index in [1.807, 2.05) is 37.3 Å². The second kappa shape index (κ2) is 5.29. The average molecular weight is 206 g/mol. The third-order valence-corrected chi connectivity index (χ3v) is 2.14. The fourth-order valence-electron chi connectivity index (χ4n) is 1.44. The Hall–Kier alpha value is -1.64. The van der Waals surface area contributed by atoms with Gasteiger partial charge in [0.25, 0.3) is 0 Å². The maximum Gasteiger partial charge on any atom is 0.321 e. The molecule has 0 amide bonds. The molecule has 80 valence electrons. The summed E-state index contributed by atoms with van der Waals surface area (Å²) in [5, 5.41) is 0. The lowest BCUT2D eigenvalue weighted by molar-refractivity contribution is -0.159. The Morgan fingerprint density at radius 2 is 1.87 bits per heavy atom. The molecule has 15 heavy (non-hydrogen) atoms. The van der Waals surface area contributed by atoms with Gasteiger partial charge < -0.3 is 4.74 Å². The Labute approximate surface area is 89.1 Å². The van der Waals surface area contributed by atoms with Gasteiger partial charge in [-0.25, -0.2) is 0 Å². The summed E-state index contributed by atoms with van der Waals surface area (Å²) in [6.07, 6.45) is 0.621. The van der Waals surface area contributed by atoms with Gasteiger partial charge in [-0.1, -0.05) is 37.3 Å². The van der Waals surface area contributed by atoms with Crippen LogP contribution in [0.5, 0.6) is 0 Å². The molecule has 1 rings (SSSR count). The summed E-state index contributed by atoms with van der Waals surface area (Å²) in [6, 6.07) is 9.32. The number of rotatable bonds is 3. The molecular weight excluding hydrogens is 192 g/mol. The molecule has 0 saturated heterocycles. The van der Waals surface area contributed by atoms with E-state index < -0.39 is 11.9 Å². The van der Waals surface area contributed by atoms with E-state index in [1.54, 1.807) is 0 Å². The van der Waals surface area contributed by atoms with E-state index in [1.165, 1.54) is 6.92 Å². The quantitative estimate of drug-likeness (QED) is 0.562. The van der Waals surface area contributed by atoms with Crippen molar-refractivity contribution in [2.45, 2.75) is 26.2 Å². The Balaban J connectivity index is 2.80. The topological polar surface area (TPSA) is 43.4 Å². The highest BCUT2D eigenvalue weighted by Gasteiger charge is 2.21. The normalized spacial score (nSPS) is 11.9. The smallest absolute Gasteiger partial charge is 0.321 e. The number of ether oxygens (including phenoxy) is 1. The zero-order valence-corrected chi connectivity index (χ0v) is 8.90. The first-order valence-electron chi connectivity index (χ1n) is 4.92.